The Balaban J connectivity index is 1.73. The molecule has 0 heteroatoms. The molecular formula is C18H24. The van der Waals surface area contributed by atoms with Crippen LogP contribution >= 0.6 is 0 Å². The van der Waals surface area contributed by atoms with Crippen molar-refractivity contribution in [2.45, 2.75) is 57.8 Å². The second-order valence-electron chi connectivity index (χ2n) is 7.20. The highest BCUT2D eigenvalue weighted by atomic mass is 14.5. The molecule has 0 saturated heterocycles. The summed E-state index contributed by atoms with van der Waals surface area (Å²) in [6, 6.07) is 9.27. The Kier molecular flexibility index (Phi) is 2.37. The van der Waals surface area contributed by atoms with Gasteiger partial charge in [0.2, 0.25) is 0 Å². The van der Waals surface area contributed by atoms with Gasteiger partial charge in [0, 0.05) is 0 Å². The summed E-state index contributed by atoms with van der Waals surface area (Å²) in [5, 5.41) is 0. The van der Waals surface area contributed by atoms with E-state index < -0.39 is 0 Å². The first-order valence-electron chi connectivity index (χ1n) is 7.86. The van der Waals surface area contributed by atoms with Crippen molar-refractivity contribution in [3.05, 3.63) is 35.4 Å². The Morgan fingerprint density at radius 1 is 1.06 bits per heavy atom. The lowest BCUT2D eigenvalue weighted by Gasteiger charge is -2.49. The summed E-state index contributed by atoms with van der Waals surface area (Å²) in [6.45, 7) is 2.58. The average Bonchev–Trinajstić information content (AvgIpc) is 2.80. The Hall–Kier alpha value is -0.780. The maximum atomic E-state index is 2.58. The lowest BCUT2D eigenvalue weighted by molar-refractivity contribution is 0.0598. The van der Waals surface area contributed by atoms with Crippen molar-refractivity contribution in [1.29, 1.82) is 0 Å². The molecule has 0 unspecified atom stereocenters. The van der Waals surface area contributed by atoms with E-state index in [2.05, 4.69) is 31.2 Å². The largest absolute Gasteiger partial charge is 0.0620 e. The molecular weight excluding hydrogens is 216 g/mol. The van der Waals surface area contributed by atoms with Crippen LogP contribution in [-0.2, 0) is 6.42 Å². The number of fused-ring (bicyclic) bond motifs is 5. The van der Waals surface area contributed by atoms with Crippen LogP contribution in [0.25, 0.3) is 0 Å². The lowest BCUT2D eigenvalue weighted by Crippen LogP contribution is -2.39. The van der Waals surface area contributed by atoms with Crippen LogP contribution in [0.5, 0.6) is 0 Å². The predicted molar refractivity (Wildman–Crippen MR) is 75.7 cm³/mol. The van der Waals surface area contributed by atoms with Crippen LogP contribution < -0.4 is 0 Å². The Morgan fingerprint density at radius 2 is 1.94 bits per heavy atom. The summed E-state index contributed by atoms with van der Waals surface area (Å²) in [6.07, 6.45) is 10.2. The summed E-state index contributed by atoms with van der Waals surface area (Å²) < 4.78 is 0. The van der Waals surface area contributed by atoms with Crippen LogP contribution in [0, 0.1) is 17.3 Å². The molecule has 4 rings (SSSR count). The van der Waals surface area contributed by atoms with Gasteiger partial charge in [0.15, 0.2) is 0 Å². The summed E-state index contributed by atoms with van der Waals surface area (Å²) in [5.41, 5.74) is 4.07. The topological polar surface area (TPSA) is 0 Å². The van der Waals surface area contributed by atoms with E-state index in [9.17, 15) is 0 Å². The molecule has 0 radical (unpaired) electrons. The fourth-order valence-electron chi connectivity index (χ4n) is 5.51. The molecule has 0 N–H and O–H groups in total. The zero-order chi connectivity index (χ0) is 12.2. The SMILES string of the molecule is C[C@@]12CCC[C@H]1[C@@H]1CCc3ccccc3[C@H]1CC2. The van der Waals surface area contributed by atoms with Crippen molar-refractivity contribution < 1.29 is 0 Å². The van der Waals surface area contributed by atoms with E-state index in [4.69, 9.17) is 0 Å². The second-order valence-corrected chi connectivity index (χ2v) is 7.20. The molecule has 2 saturated carbocycles. The van der Waals surface area contributed by atoms with Gasteiger partial charge in [-0.05, 0) is 72.8 Å². The first-order valence-corrected chi connectivity index (χ1v) is 7.86. The maximum absolute atomic E-state index is 2.58. The molecule has 18 heavy (non-hydrogen) atoms. The maximum Gasteiger partial charge on any atom is -0.0128 e. The fourth-order valence-corrected chi connectivity index (χ4v) is 5.51. The molecule has 0 aliphatic heterocycles. The molecule has 0 heterocycles. The Labute approximate surface area is 111 Å². The van der Waals surface area contributed by atoms with Gasteiger partial charge in [-0.2, -0.15) is 0 Å². The minimum Gasteiger partial charge on any atom is -0.0620 e. The lowest BCUT2D eigenvalue weighted by atomic mass is 9.56. The zero-order valence-electron chi connectivity index (χ0n) is 11.5. The van der Waals surface area contributed by atoms with Crippen molar-refractivity contribution in [2.75, 3.05) is 0 Å². The monoisotopic (exact) mass is 240 g/mol. The van der Waals surface area contributed by atoms with Crippen molar-refractivity contribution in [3.8, 4) is 0 Å². The number of hydrogen-bond donors (Lipinski definition) is 0. The first-order chi connectivity index (χ1) is 8.78. The highest BCUT2D eigenvalue weighted by Crippen LogP contribution is 2.60. The highest BCUT2D eigenvalue weighted by Gasteiger charge is 2.49. The molecule has 1 aromatic rings. The normalized spacial score (nSPS) is 41.9. The van der Waals surface area contributed by atoms with Gasteiger partial charge in [-0.3, -0.25) is 0 Å². The molecule has 0 aromatic heterocycles. The van der Waals surface area contributed by atoms with Gasteiger partial charge >= 0.3 is 0 Å². The fraction of sp³-hybridized carbons (Fsp3) is 0.667. The number of aryl methyl sites for hydroxylation is 1. The number of rotatable bonds is 0. The summed E-state index contributed by atoms with van der Waals surface area (Å²) in [7, 11) is 0. The molecule has 4 atom stereocenters. The van der Waals surface area contributed by atoms with Crippen LogP contribution in [0.15, 0.2) is 24.3 Å². The quantitative estimate of drug-likeness (QED) is 0.603. The van der Waals surface area contributed by atoms with Crippen LogP contribution in [0.1, 0.15) is 62.5 Å². The first kappa shape index (κ1) is 11.1. The van der Waals surface area contributed by atoms with Gasteiger partial charge in [-0.15, -0.1) is 0 Å². The van der Waals surface area contributed by atoms with Gasteiger partial charge in [0.05, 0.1) is 0 Å². The van der Waals surface area contributed by atoms with Gasteiger partial charge in [-0.25, -0.2) is 0 Å². The van der Waals surface area contributed by atoms with Gasteiger partial charge in [-0.1, -0.05) is 37.6 Å². The van der Waals surface area contributed by atoms with Crippen LogP contribution in [0.2, 0.25) is 0 Å². The standard InChI is InChI=1S/C18H24/c1-18-11-4-7-17(18)16-9-8-13-5-2-3-6-14(13)15(16)10-12-18/h2-3,5-6,15-17H,4,7-12H2,1H3/t15-,16-,17+,18+/m1/s1. The summed E-state index contributed by atoms with van der Waals surface area (Å²) in [5.74, 6) is 2.93. The molecule has 96 valence electrons. The van der Waals surface area contributed by atoms with Gasteiger partial charge in [0.1, 0.15) is 0 Å². The molecule has 1 aromatic carbocycles. The minimum absolute atomic E-state index is 0.702. The third-order valence-electron chi connectivity index (χ3n) is 6.42. The van der Waals surface area contributed by atoms with Crippen molar-refractivity contribution in [3.63, 3.8) is 0 Å². The van der Waals surface area contributed by atoms with E-state index in [1.165, 1.54) is 44.9 Å². The molecule has 2 fully saturated rings. The van der Waals surface area contributed by atoms with Crippen molar-refractivity contribution in [2.24, 2.45) is 17.3 Å². The van der Waals surface area contributed by atoms with E-state index in [1.807, 2.05) is 0 Å². The van der Waals surface area contributed by atoms with E-state index in [-0.39, 0.29) is 0 Å². The van der Waals surface area contributed by atoms with Crippen LogP contribution in [0.3, 0.4) is 0 Å². The van der Waals surface area contributed by atoms with Gasteiger partial charge < -0.3 is 0 Å². The molecule has 0 amide bonds. The molecule has 3 aliphatic carbocycles. The Morgan fingerprint density at radius 3 is 2.89 bits per heavy atom. The molecule has 0 bridgehead atoms. The highest BCUT2D eigenvalue weighted by molar-refractivity contribution is 5.34. The van der Waals surface area contributed by atoms with E-state index in [0.717, 1.165) is 17.8 Å². The smallest absolute Gasteiger partial charge is 0.0128 e. The predicted octanol–water partition coefficient (Wildman–Crippen LogP) is 4.93. The Bertz CT molecular complexity index is 461. The van der Waals surface area contributed by atoms with Gasteiger partial charge in [0.25, 0.3) is 0 Å². The number of benzene rings is 1. The average molecular weight is 240 g/mol. The second kappa shape index (κ2) is 3.85. The summed E-state index contributed by atoms with van der Waals surface area (Å²) in [4.78, 5) is 0. The van der Waals surface area contributed by atoms with Crippen molar-refractivity contribution in [1.82, 2.24) is 0 Å². The van der Waals surface area contributed by atoms with Crippen LogP contribution in [0.4, 0.5) is 0 Å². The van der Waals surface area contributed by atoms with E-state index in [0.29, 0.717) is 5.41 Å². The van der Waals surface area contributed by atoms with Crippen molar-refractivity contribution >= 4 is 0 Å². The third kappa shape index (κ3) is 1.44. The minimum atomic E-state index is 0.702. The van der Waals surface area contributed by atoms with E-state index in [1.54, 1.807) is 11.1 Å². The molecule has 3 aliphatic rings. The summed E-state index contributed by atoms with van der Waals surface area (Å²) >= 11 is 0. The zero-order valence-corrected chi connectivity index (χ0v) is 11.5. The van der Waals surface area contributed by atoms with Crippen LogP contribution in [-0.4, -0.2) is 0 Å². The van der Waals surface area contributed by atoms with E-state index >= 15 is 0 Å². The third-order valence-corrected chi connectivity index (χ3v) is 6.42. The molecule has 0 nitrogen and oxygen atoms in total. The molecule has 0 spiro atoms. The number of hydrogen-bond acceptors (Lipinski definition) is 0.